The van der Waals surface area contributed by atoms with E-state index in [0.29, 0.717) is 38.4 Å². The standard InChI is InChI=1S/C22H29F3N8O/c23-22(24,25)21-28-27-19-5-6-20(29-33(19)21)32-13-11-31(12-14-32)17-1-3-18(4-2-17)34-16-15-30-9-7-26-8-10-30/h1-4,26H,5-16H2. The molecule has 0 saturated carbocycles. The molecule has 0 bridgehead atoms. The Morgan fingerprint density at radius 2 is 1.59 bits per heavy atom. The second-order valence-corrected chi connectivity index (χ2v) is 8.67. The quantitative estimate of drug-likeness (QED) is 0.699. The zero-order chi connectivity index (χ0) is 23.5. The van der Waals surface area contributed by atoms with Gasteiger partial charge >= 0.3 is 6.18 Å². The predicted octanol–water partition coefficient (Wildman–Crippen LogP) is 1.51. The van der Waals surface area contributed by atoms with Crippen molar-refractivity contribution in [3.05, 3.63) is 35.9 Å². The van der Waals surface area contributed by atoms with Gasteiger partial charge in [0.15, 0.2) is 5.82 Å². The van der Waals surface area contributed by atoms with Crippen molar-refractivity contribution in [1.82, 2.24) is 30.0 Å². The van der Waals surface area contributed by atoms with Crippen molar-refractivity contribution in [2.24, 2.45) is 5.10 Å². The zero-order valence-corrected chi connectivity index (χ0v) is 19.0. The molecule has 0 aliphatic carbocycles. The van der Waals surface area contributed by atoms with E-state index in [4.69, 9.17) is 4.74 Å². The van der Waals surface area contributed by atoms with Gasteiger partial charge in [0.1, 0.15) is 18.2 Å². The van der Waals surface area contributed by atoms with Crippen LogP contribution in [0.1, 0.15) is 18.1 Å². The molecular weight excluding hydrogens is 449 g/mol. The highest BCUT2D eigenvalue weighted by molar-refractivity contribution is 5.83. The fraction of sp³-hybridized carbons (Fsp3) is 0.591. The summed E-state index contributed by atoms with van der Waals surface area (Å²) in [5, 5.41) is 14.5. The number of fused-ring (bicyclic) bond motifs is 1. The predicted molar refractivity (Wildman–Crippen MR) is 121 cm³/mol. The van der Waals surface area contributed by atoms with E-state index in [0.717, 1.165) is 61.9 Å². The number of anilines is 1. The highest BCUT2D eigenvalue weighted by Crippen LogP contribution is 2.30. The molecule has 0 unspecified atom stereocenters. The van der Waals surface area contributed by atoms with Gasteiger partial charge in [-0.15, -0.1) is 10.2 Å². The average Bonchev–Trinajstić information content (AvgIpc) is 3.29. The normalized spacial score (nSPS) is 19.7. The molecular formula is C22H29F3N8O. The van der Waals surface area contributed by atoms with Gasteiger partial charge in [0, 0.05) is 77.4 Å². The Kier molecular flexibility index (Phi) is 6.59. The maximum Gasteiger partial charge on any atom is 0.453 e. The number of nitrogens with one attached hydrogen (secondary N) is 1. The number of hydrogen-bond acceptors (Lipinski definition) is 8. The summed E-state index contributed by atoms with van der Waals surface area (Å²) in [7, 11) is 0. The summed E-state index contributed by atoms with van der Waals surface area (Å²) in [6.07, 6.45) is -3.61. The van der Waals surface area contributed by atoms with E-state index in [1.54, 1.807) is 0 Å². The SMILES string of the molecule is FC(F)(F)c1nnc2n1N=C(N1CCN(c3ccc(OCCN4CCNCC4)cc3)CC1)CC2. The van der Waals surface area contributed by atoms with Crippen LogP contribution in [0.5, 0.6) is 5.75 Å². The highest BCUT2D eigenvalue weighted by Gasteiger charge is 2.40. The molecule has 2 fully saturated rings. The third-order valence-electron chi connectivity index (χ3n) is 6.48. The molecule has 9 nitrogen and oxygen atoms in total. The highest BCUT2D eigenvalue weighted by atomic mass is 19.4. The summed E-state index contributed by atoms with van der Waals surface area (Å²) in [6.45, 7) is 8.71. The Morgan fingerprint density at radius 3 is 2.29 bits per heavy atom. The number of benzene rings is 1. The lowest BCUT2D eigenvalue weighted by Gasteiger charge is -2.38. The van der Waals surface area contributed by atoms with Gasteiger partial charge in [0.05, 0.1) is 0 Å². The van der Waals surface area contributed by atoms with Gasteiger partial charge in [-0.25, -0.2) is 0 Å². The fourth-order valence-corrected chi connectivity index (χ4v) is 4.56. The maximum absolute atomic E-state index is 13.2. The third kappa shape index (κ3) is 5.12. The van der Waals surface area contributed by atoms with Crippen LogP contribution in [0.25, 0.3) is 0 Å². The van der Waals surface area contributed by atoms with E-state index in [9.17, 15) is 13.2 Å². The number of piperazine rings is 2. The first kappa shape index (κ1) is 22.9. The molecule has 1 N–H and O–H groups in total. The molecule has 0 spiro atoms. The summed E-state index contributed by atoms with van der Waals surface area (Å²) in [4.78, 5) is 6.73. The van der Waals surface area contributed by atoms with E-state index in [1.807, 2.05) is 12.1 Å². The number of aryl methyl sites for hydroxylation is 1. The van der Waals surface area contributed by atoms with Gasteiger partial charge in [0.25, 0.3) is 5.82 Å². The average molecular weight is 479 g/mol. The van der Waals surface area contributed by atoms with E-state index in [-0.39, 0.29) is 5.82 Å². The van der Waals surface area contributed by atoms with Crippen molar-refractivity contribution in [2.45, 2.75) is 19.0 Å². The number of alkyl halides is 3. The number of rotatable bonds is 5. The fourth-order valence-electron chi connectivity index (χ4n) is 4.56. The molecule has 1 aromatic carbocycles. The zero-order valence-electron chi connectivity index (χ0n) is 19.0. The van der Waals surface area contributed by atoms with Gasteiger partial charge in [-0.1, -0.05) is 0 Å². The van der Waals surface area contributed by atoms with Crippen LogP contribution in [-0.4, -0.2) is 96.0 Å². The van der Waals surface area contributed by atoms with E-state index >= 15 is 0 Å². The van der Waals surface area contributed by atoms with E-state index in [2.05, 4.69) is 47.4 Å². The topological polar surface area (TPSA) is 74.0 Å². The van der Waals surface area contributed by atoms with Gasteiger partial charge in [0.2, 0.25) is 0 Å². The molecule has 12 heteroatoms. The summed E-state index contributed by atoms with van der Waals surface area (Å²) in [5.74, 6) is 0.712. The molecule has 3 aliphatic rings. The molecule has 0 amide bonds. The Hall–Kier alpha value is -2.86. The minimum absolute atomic E-state index is 0.255. The first-order chi connectivity index (χ1) is 16.5. The van der Waals surface area contributed by atoms with Crippen molar-refractivity contribution in [1.29, 1.82) is 0 Å². The Balaban J connectivity index is 1.13. The summed E-state index contributed by atoms with van der Waals surface area (Å²) in [5.41, 5.74) is 1.11. The Bertz CT molecular complexity index is 993. The monoisotopic (exact) mass is 478 g/mol. The minimum Gasteiger partial charge on any atom is -0.492 e. The molecule has 3 aliphatic heterocycles. The van der Waals surface area contributed by atoms with Crippen LogP contribution in [0, 0.1) is 0 Å². The lowest BCUT2D eigenvalue weighted by Crippen LogP contribution is -2.49. The molecule has 0 atom stereocenters. The first-order valence-corrected chi connectivity index (χ1v) is 11.7. The Morgan fingerprint density at radius 1 is 0.882 bits per heavy atom. The van der Waals surface area contributed by atoms with Crippen LogP contribution in [-0.2, 0) is 12.6 Å². The minimum atomic E-state index is -4.57. The van der Waals surface area contributed by atoms with Crippen LogP contribution in [0.2, 0.25) is 0 Å². The number of amidine groups is 1. The Labute approximate surface area is 196 Å². The molecule has 34 heavy (non-hydrogen) atoms. The van der Waals surface area contributed by atoms with Crippen molar-refractivity contribution in [3.63, 3.8) is 0 Å². The largest absolute Gasteiger partial charge is 0.492 e. The summed E-state index contributed by atoms with van der Waals surface area (Å²) in [6, 6.07) is 8.12. The summed E-state index contributed by atoms with van der Waals surface area (Å²) >= 11 is 0. The third-order valence-corrected chi connectivity index (χ3v) is 6.48. The molecule has 1 aromatic heterocycles. The van der Waals surface area contributed by atoms with Gasteiger partial charge in [-0.05, 0) is 24.3 Å². The second kappa shape index (κ2) is 9.79. The van der Waals surface area contributed by atoms with Gasteiger partial charge in [-0.2, -0.15) is 22.9 Å². The molecule has 184 valence electrons. The molecule has 2 aromatic rings. The van der Waals surface area contributed by atoms with Crippen LogP contribution >= 0.6 is 0 Å². The van der Waals surface area contributed by atoms with Crippen molar-refractivity contribution in [2.75, 3.05) is 70.4 Å². The van der Waals surface area contributed by atoms with Gasteiger partial charge in [-0.3, -0.25) is 4.90 Å². The number of halogens is 3. The van der Waals surface area contributed by atoms with Crippen molar-refractivity contribution in [3.8, 4) is 5.75 Å². The smallest absolute Gasteiger partial charge is 0.453 e. The van der Waals surface area contributed by atoms with Crippen molar-refractivity contribution >= 4 is 11.5 Å². The van der Waals surface area contributed by atoms with E-state index < -0.39 is 12.0 Å². The van der Waals surface area contributed by atoms with Crippen molar-refractivity contribution < 1.29 is 17.9 Å². The van der Waals surface area contributed by atoms with Crippen LogP contribution in [0.4, 0.5) is 18.9 Å². The van der Waals surface area contributed by atoms with Gasteiger partial charge < -0.3 is 19.9 Å². The van der Waals surface area contributed by atoms with Crippen LogP contribution in [0.3, 0.4) is 0 Å². The van der Waals surface area contributed by atoms with Crippen LogP contribution < -0.4 is 15.0 Å². The molecule has 2 saturated heterocycles. The lowest BCUT2D eigenvalue weighted by atomic mass is 10.2. The maximum atomic E-state index is 13.2. The second-order valence-electron chi connectivity index (χ2n) is 8.67. The molecule has 0 radical (unpaired) electrons. The number of hydrogen-bond donors (Lipinski definition) is 1. The number of nitrogens with zero attached hydrogens (tertiary/aromatic N) is 7. The van der Waals surface area contributed by atoms with Crippen LogP contribution in [0.15, 0.2) is 29.4 Å². The number of aromatic nitrogens is 3. The van der Waals surface area contributed by atoms with E-state index in [1.165, 1.54) is 0 Å². The lowest BCUT2D eigenvalue weighted by molar-refractivity contribution is -0.147. The summed E-state index contributed by atoms with van der Waals surface area (Å²) < 4.78 is 46.3. The molecule has 4 heterocycles. The number of ether oxygens (including phenoxy) is 1. The molecule has 5 rings (SSSR count). The first-order valence-electron chi connectivity index (χ1n) is 11.7.